The highest BCUT2D eigenvalue weighted by molar-refractivity contribution is 6.31. The van der Waals surface area contributed by atoms with Crippen LogP contribution in [0.15, 0.2) is 18.2 Å². The zero-order chi connectivity index (χ0) is 11.3. The van der Waals surface area contributed by atoms with Crippen LogP contribution in [0.2, 0.25) is 5.02 Å². The van der Waals surface area contributed by atoms with Crippen molar-refractivity contribution in [3.05, 3.63) is 34.3 Å². The molecule has 82 valence electrons. The predicted molar refractivity (Wildman–Crippen MR) is 61.8 cm³/mol. The first-order valence-electron chi connectivity index (χ1n) is 4.61. The van der Waals surface area contributed by atoms with Crippen molar-refractivity contribution in [2.75, 3.05) is 13.0 Å². The van der Waals surface area contributed by atoms with Crippen molar-refractivity contribution < 1.29 is 9.53 Å². The fraction of sp³-hybridized carbons (Fsp3) is 0.364. The molecule has 0 atom stereocenters. The van der Waals surface area contributed by atoms with E-state index in [0.717, 1.165) is 18.4 Å². The number of rotatable bonds is 4. The molecule has 0 aromatic heterocycles. The Labute approximate surface area is 99.1 Å². The number of methoxy groups -OCH3 is 1. The first-order valence-corrected chi connectivity index (χ1v) is 5.52. The van der Waals surface area contributed by atoms with Gasteiger partial charge in [0.2, 0.25) is 0 Å². The fourth-order valence-electron chi connectivity index (χ4n) is 1.30. The summed E-state index contributed by atoms with van der Waals surface area (Å²) in [4.78, 5) is 11.3. The number of aryl methyl sites for hydroxylation is 1. The van der Waals surface area contributed by atoms with E-state index in [-0.39, 0.29) is 5.97 Å². The van der Waals surface area contributed by atoms with E-state index in [1.54, 1.807) is 12.1 Å². The van der Waals surface area contributed by atoms with Crippen molar-refractivity contribution >= 4 is 29.2 Å². The molecule has 1 aromatic carbocycles. The average Bonchev–Trinajstić information content (AvgIpc) is 2.24. The number of carbonyl (C=O) groups excluding carboxylic acids is 1. The molecular weight excluding hydrogens is 235 g/mol. The average molecular weight is 247 g/mol. The molecule has 2 nitrogen and oxygen atoms in total. The van der Waals surface area contributed by atoms with E-state index < -0.39 is 0 Å². The zero-order valence-corrected chi connectivity index (χ0v) is 9.94. The number of ether oxygens (including phenoxy) is 1. The Kier molecular flexibility index (Phi) is 4.92. The Morgan fingerprint density at radius 2 is 2.13 bits per heavy atom. The molecule has 1 rings (SSSR count). The Bertz CT molecular complexity index is 350. The molecule has 0 spiro atoms. The predicted octanol–water partition coefficient (Wildman–Crippen LogP) is 3.30. The summed E-state index contributed by atoms with van der Waals surface area (Å²) in [5, 5.41) is 0.544. The number of benzene rings is 1. The lowest BCUT2D eigenvalue weighted by Crippen LogP contribution is -2.02. The van der Waals surface area contributed by atoms with Gasteiger partial charge in [0.15, 0.2) is 0 Å². The van der Waals surface area contributed by atoms with Crippen LogP contribution >= 0.6 is 23.2 Å². The number of halogens is 2. The van der Waals surface area contributed by atoms with E-state index in [9.17, 15) is 4.79 Å². The second-order valence-electron chi connectivity index (χ2n) is 3.13. The van der Waals surface area contributed by atoms with E-state index in [1.165, 1.54) is 7.11 Å². The van der Waals surface area contributed by atoms with Crippen molar-refractivity contribution in [2.45, 2.75) is 12.8 Å². The number of carbonyl (C=O) groups is 1. The molecule has 0 fully saturated rings. The van der Waals surface area contributed by atoms with Gasteiger partial charge in [0.25, 0.3) is 0 Å². The Hall–Kier alpha value is -0.730. The van der Waals surface area contributed by atoms with Crippen molar-refractivity contribution in [3.63, 3.8) is 0 Å². The molecule has 0 amide bonds. The largest absolute Gasteiger partial charge is 0.465 e. The summed E-state index contributed by atoms with van der Waals surface area (Å²) < 4.78 is 4.63. The van der Waals surface area contributed by atoms with Crippen LogP contribution in [0.5, 0.6) is 0 Å². The Morgan fingerprint density at radius 1 is 1.40 bits per heavy atom. The molecule has 0 bridgehead atoms. The third-order valence-electron chi connectivity index (χ3n) is 1.98. The maximum atomic E-state index is 11.3. The first kappa shape index (κ1) is 12.3. The van der Waals surface area contributed by atoms with Crippen LogP contribution in [-0.4, -0.2) is 19.0 Å². The molecule has 0 saturated heterocycles. The van der Waals surface area contributed by atoms with Gasteiger partial charge in [-0.15, -0.1) is 11.6 Å². The lowest BCUT2D eigenvalue weighted by molar-refractivity contribution is 0.0600. The molecule has 0 aliphatic carbocycles. The van der Waals surface area contributed by atoms with Gasteiger partial charge in [0.05, 0.1) is 12.7 Å². The Balaban J connectivity index is 2.89. The van der Waals surface area contributed by atoms with Crippen LogP contribution in [0.25, 0.3) is 0 Å². The smallest absolute Gasteiger partial charge is 0.337 e. The van der Waals surface area contributed by atoms with E-state index >= 15 is 0 Å². The van der Waals surface area contributed by atoms with Crippen LogP contribution in [0.4, 0.5) is 0 Å². The van der Waals surface area contributed by atoms with Crippen LogP contribution in [-0.2, 0) is 11.2 Å². The molecular formula is C11H12Cl2O2. The van der Waals surface area contributed by atoms with Gasteiger partial charge < -0.3 is 4.74 Å². The molecule has 0 aliphatic heterocycles. The minimum Gasteiger partial charge on any atom is -0.465 e. The second-order valence-corrected chi connectivity index (χ2v) is 3.95. The van der Waals surface area contributed by atoms with Gasteiger partial charge in [-0.2, -0.15) is 0 Å². The van der Waals surface area contributed by atoms with Gasteiger partial charge in [-0.1, -0.05) is 11.6 Å². The van der Waals surface area contributed by atoms with Gasteiger partial charge in [0.1, 0.15) is 0 Å². The summed E-state index contributed by atoms with van der Waals surface area (Å²) in [6.45, 7) is 0. The number of hydrogen-bond acceptors (Lipinski definition) is 2. The minimum absolute atomic E-state index is 0.371. The molecule has 4 heteroatoms. The van der Waals surface area contributed by atoms with Crippen LogP contribution in [0.3, 0.4) is 0 Å². The van der Waals surface area contributed by atoms with Gasteiger partial charge in [-0.25, -0.2) is 4.79 Å². The highest BCUT2D eigenvalue weighted by atomic mass is 35.5. The van der Waals surface area contributed by atoms with E-state index in [4.69, 9.17) is 23.2 Å². The summed E-state index contributed by atoms with van der Waals surface area (Å²) in [6, 6.07) is 5.21. The molecule has 0 unspecified atom stereocenters. The molecule has 0 aliphatic rings. The number of alkyl halides is 1. The maximum absolute atomic E-state index is 11.3. The summed E-state index contributed by atoms with van der Waals surface area (Å²) >= 11 is 11.5. The molecule has 0 heterocycles. The monoisotopic (exact) mass is 246 g/mol. The lowest BCUT2D eigenvalue weighted by atomic mass is 10.1. The first-order chi connectivity index (χ1) is 7.17. The summed E-state index contributed by atoms with van der Waals surface area (Å²) in [7, 11) is 1.35. The summed E-state index contributed by atoms with van der Waals surface area (Å²) in [6.07, 6.45) is 1.68. The second kappa shape index (κ2) is 5.99. The normalized spacial score (nSPS) is 10.1. The van der Waals surface area contributed by atoms with E-state index in [0.29, 0.717) is 16.5 Å². The SMILES string of the molecule is COC(=O)c1cc(Cl)cc(CCCCl)c1. The summed E-state index contributed by atoms with van der Waals surface area (Å²) in [5.41, 5.74) is 1.48. The fourth-order valence-corrected chi connectivity index (χ4v) is 1.69. The zero-order valence-electron chi connectivity index (χ0n) is 8.43. The number of esters is 1. The van der Waals surface area contributed by atoms with Gasteiger partial charge in [-0.3, -0.25) is 0 Å². The van der Waals surface area contributed by atoms with E-state index in [2.05, 4.69) is 4.74 Å². The molecule has 0 N–H and O–H groups in total. The van der Waals surface area contributed by atoms with Crippen molar-refractivity contribution in [3.8, 4) is 0 Å². The third kappa shape index (κ3) is 3.73. The van der Waals surface area contributed by atoms with Crippen molar-refractivity contribution in [1.29, 1.82) is 0 Å². The van der Waals surface area contributed by atoms with Gasteiger partial charge in [0, 0.05) is 10.9 Å². The van der Waals surface area contributed by atoms with Crippen molar-refractivity contribution in [2.24, 2.45) is 0 Å². The van der Waals surface area contributed by atoms with Crippen LogP contribution in [0, 0.1) is 0 Å². The summed E-state index contributed by atoms with van der Waals surface area (Å²) in [5.74, 6) is 0.227. The molecule has 0 saturated carbocycles. The quantitative estimate of drug-likeness (QED) is 0.602. The Morgan fingerprint density at radius 3 is 2.73 bits per heavy atom. The van der Waals surface area contributed by atoms with E-state index in [1.807, 2.05) is 6.07 Å². The van der Waals surface area contributed by atoms with Crippen LogP contribution < -0.4 is 0 Å². The molecule has 15 heavy (non-hydrogen) atoms. The highest BCUT2D eigenvalue weighted by Crippen LogP contribution is 2.17. The van der Waals surface area contributed by atoms with Gasteiger partial charge in [-0.05, 0) is 36.6 Å². The lowest BCUT2D eigenvalue weighted by Gasteiger charge is -2.04. The number of hydrogen-bond donors (Lipinski definition) is 0. The highest BCUT2D eigenvalue weighted by Gasteiger charge is 2.07. The molecule has 0 radical (unpaired) electrons. The minimum atomic E-state index is -0.371. The van der Waals surface area contributed by atoms with Crippen molar-refractivity contribution in [1.82, 2.24) is 0 Å². The molecule has 1 aromatic rings. The third-order valence-corrected chi connectivity index (χ3v) is 2.46. The maximum Gasteiger partial charge on any atom is 0.337 e. The standard InChI is InChI=1S/C11H12Cl2O2/c1-15-11(14)9-5-8(3-2-4-12)6-10(13)7-9/h5-7H,2-4H2,1H3. The topological polar surface area (TPSA) is 26.3 Å². The van der Waals surface area contributed by atoms with Gasteiger partial charge >= 0.3 is 5.97 Å². The van der Waals surface area contributed by atoms with Crippen LogP contribution in [0.1, 0.15) is 22.3 Å².